The van der Waals surface area contributed by atoms with Crippen LogP contribution >= 0.6 is 0 Å². The number of rotatable bonds is 5. The van der Waals surface area contributed by atoms with Crippen molar-refractivity contribution in [1.29, 1.82) is 0 Å². The van der Waals surface area contributed by atoms with E-state index >= 15 is 0 Å². The van der Waals surface area contributed by atoms with Crippen LogP contribution in [0.2, 0.25) is 0 Å². The van der Waals surface area contributed by atoms with Crippen molar-refractivity contribution in [1.82, 2.24) is 10.2 Å². The van der Waals surface area contributed by atoms with E-state index in [2.05, 4.69) is 5.32 Å². The first-order chi connectivity index (χ1) is 9.08. The van der Waals surface area contributed by atoms with Crippen LogP contribution in [-0.2, 0) is 19.4 Å². The summed E-state index contributed by atoms with van der Waals surface area (Å²) in [5.41, 5.74) is 0. The molecule has 0 radical (unpaired) electrons. The molecule has 4 unspecified atom stereocenters. The number of piperazine rings is 1. The summed E-state index contributed by atoms with van der Waals surface area (Å²) in [6.45, 7) is 7.14. The standard InChI is InChI=1S/C13H24N2O4S/c1-6-8(2)11-13(17)15(10(4)12(16)14-11)9(3)7-20(5,18)19/h8-11H,6-7H2,1-5H3,(H,14,16). The third kappa shape index (κ3) is 3.71. The molecule has 7 heteroatoms. The smallest absolute Gasteiger partial charge is 0.246 e. The van der Waals surface area contributed by atoms with Gasteiger partial charge in [0.25, 0.3) is 0 Å². The van der Waals surface area contributed by atoms with Crippen LogP contribution < -0.4 is 5.32 Å². The lowest BCUT2D eigenvalue weighted by Gasteiger charge is -2.42. The van der Waals surface area contributed by atoms with Gasteiger partial charge in [-0.1, -0.05) is 20.3 Å². The summed E-state index contributed by atoms with van der Waals surface area (Å²) in [6.07, 6.45) is 1.90. The van der Waals surface area contributed by atoms with Crippen LogP contribution in [0.15, 0.2) is 0 Å². The Bertz CT molecular complexity index is 489. The zero-order valence-corrected chi connectivity index (χ0v) is 13.5. The molecule has 0 aliphatic carbocycles. The Kier molecular flexibility index (Phi) is 5.18. The highest BCUT2D eigenvalue weighted by Gasteiger charge is 2.42. The van der Waals surface area contributed by atoms with Gasteiger partial charge in [-0.05, 0) is 19.8 Å². The number of carbonyl (C=O) groups is 2. The molecule has 0 bridgehead atoms. The van der Waals surface area contributed by atoms with E-state index in [-0.39, 0.29) is 23.5 Å². The van der Waals surface area contributed by atoms with Crippen LogP contribution in [0, 0.1) is 5.92 Å². The number of carbonyl (C=O) groups excluding carboxylic acids is 2. The second kappa shape index (κ2) is 6.11. The minimum atomic E-state index is -3.21. The van der Waals surface area contributed by atoms with Gasteiger partial charge in [-0.2, -0.15) is 0 Å². The van der Waals surface area contributed by atoms with Crippen molar-refractivity contribution in [3.63, 3.8) is 0 Å². The van der Waals surface area contributed by atoms with E-state index in [0.717, 1.165) is 12.7 Å². The van der Waals surface area contributed by atoms with E-state index in [1.165, 1.54) is 4.90 Å². The fourth-order valence-electron chi connectivity index (χ4n) is 2.55. The Labute approximate surface area is 120 Å². The Morgan fingerprint density at radius 2 is 1.85 bits per heavy atom. The Hall–Kier alpha value is -1.11. The summed E-state index contributed by atoms with van der Waals surface area (Å²) < 4.78 is 22.8. The first-order valence-corrected chi connectivity index (χ1v) is 8.94. The van der Waals surface area contributed by atoms with Gasteiger partial charge in [-0.3, -0.25) is 9.59 Å². The van der Waals surface area contributed by atoms with E-state index in [4.69, 9.17) is 0 Å². The van der Waals surface area contributed by atoms with Gasteiger partial charge in [0.15, 0.2) is 0 Å². The van der Waals surface area contributed by atoms with Gasteiger partial charge in [0.2, 0.25) is 11.8 Å². The minimum absolute atomic E-state index is 0.0203. The molecule has 1 aliphatic heterocycles. The van der Waals surface area contributed by atoms with Crippen LogP contribution in [0.4, 0.5) is 0 Å². The molecule has 0 aromatic rings. The molecule has 0 aromatic heterocycles. The first-order valence-electron chi connectivity index (χ1n) is 6.88. The van der Waals surface area contributed by atoms with E-state index in [1.54, 1.807) is 13.8 Å². The fraction of sp³-hybridized carbons (Fsp3) is 0.846. The third-order valence-corrected chi connectivity index (χ3v) is 4.93. The van der Waals surface area contributed by atoms with E-state index < -0.39 is 28.0 Å². The van der Waals surface area contributed by atoms with Crippen molar-refractivity contribution in [2.75, 3.05) is 12.0 Å². The summed E-state index contributed by atoms with van der Waals surface area (Å²) in [4.78, 5) is 25.9. The van der Waals surface area contributed by atoms with Gasteiger partial charge in [-0.25, -0.2) is 8.42 Å². The molecule has 20 heavy (non-hydrogen) atoms. The predicted octanol–water partition coefficient (Wildman–Crippen LogP) is 0.181. The minimum Gasteiger partial charge on any atom is -0.342 e. The Morgan fingerprint density at radius 3 is 2.30 bits per heavy atom. The second-order valence-electron chi connectivity index (χ2n) is 5.73. The van der Waals surface area contributed by atoms with Crippen LogP contribution in [0.5, 0.6) is 0 Å². The molecular formula is C13H24N2O4S. The normalized spacial score (nSPS) is 27.1. The summed E-state index contributed by atoms with van der Waals surface area (Å²) in [5.74, 6) is -0.534. The number of hydrogen-bond donors (Lipinski definition) is 1. The van der Waals surface area contributed by atoms with Gasteiger partial charge in [0, 0.05) is 12.3 Å². The molecule has 2 amide bonds. The topological polar surface area (TPSA) is 83.6 Å². The molecule has 0 aromatic carbocycles. The maximum atomic E-state index is 12.5. The van der Waals surface area contributed by atoms with Crippen molar-refractivity contribution in [2.45, 2.75) is 52.2 Å². The number of hydrogen-bond acceptors (Lipinski definition) is 4. The molecule has 1 N–H and O–H groups in total. The molecular weight excluding hydrogens is 280 g/mol. The van der Waals surface area contributed by atoms with Gasteiger partial charge < -0.3 is 10.2 Å². The number of nitrogens with one attached hydrogen (secondary N) is 1. The van der Waals surface area contributed by atoms with E-state index in [9.17, 15) is 18.0 Å². The first kappa shape index (κ1) is 16.9. The predicted molar refractivity (Wildman–Crippen MR) is 76.9 cm³/mol. The molecule has 1 fully saturated rings. The molecule has 1 heterocycles. The van der Waals surface area contributed by atoms with Crippen molar-refractivity contribution in [3.8, 4) is 0 Å². The molecule has 116 valence electrons. The molecule has 1 aliphatic rings. The van der Waals surface area contributed by atoms with Gasteiger partial charge in [-0.15, -0.1) is 0 Å². The highest BCUT2D eigenvalue weighted by Crippen LogP contribution is 2.20. The monoisotopic (exact) mass is 304 g/mol. The van der Waals surface area contributed by atoms with Crippen LogP contribution in [0.25, 0.3) is 0 Å². The second-order valence-corrected chi connectivity index (χ2v) is 7.92. The lowest BCUT2D eigenvalue weighted by atomic mass is 9.94. The highest BCUT2D eigenvalue weighted by atomic mass is 32.2. The summed E-state index contributed by atoms with van der Waals surface area (Å²) in [6, 6.07) is -1.71. The molecule has 4 atom stereocenters. The summed E-state index contributed by atoms with van der Waals surface area (Å²) >= 11 is 0. The van der Waals surface area contributed by atoms with Gasteiger partial charge in [0.05, 0.1) is 5.75 Å². The molecule has 6 nitrogen and oxygen atoms in total. The van der Waals surface area contributed by atoms with Crippen LogP contribution in [-0.4, -0.2) is 55.3 Å². The third-order valence-electron chi connectivity index (χ3n) is 3.85. The molecule has 0 saturated carbocycles. The van der Waals surface area contributed by atoms with Gasteiger partial charge >= 0.3 is 0 Å². The molecule has 0 spiro atoms. The van der Waals surface area contributed by atoms with Crippen molar-refractivity contribution < 1.29 is 18.0 Å². The average Bonchev–Trinajstić information content (AvgIpc) is 2.30. The fourth-order valence-corrected chi connectivity index (χ4v) is 3.59. The number of amides is 2. The quantitative estimate of drug-likeness (QED) is 0.785. The van der Waals surface area contributed by atoms with Gasteiger partial charge in [0.1, 0.15) is 21.9 Å². The lowest BCUT2D eigenvalue weighted by molar-refractivity contribution is -0.152. The summed E-state index contributed by atoms with van der Waals surface area (Å²) in [5, 5.41) is 2.73. The van der Waals surface area contributed by atoms with E-state index in [1.807, 2.05) is 13.8 Å². The van der Waals surface area contributed by atoms with Crippen molar-refractivity contribution in [2.24, 2.45) is 5.92 Å². The number of sulfone groups is 1. The Morgan fingerprint density at radius 1 is 1.30 bits per heavy atom. The SMILES string of the molecule is CCC(C)C1NC(=O)C(C)N(C(C)CS(C)(=O)=O)C1=O. The van der Waals surface area contributed by atoms with Crippen LogP contribution in [0.3, 0.4) is 0 Å². The summed E-state index contributed by atoms with van der Waals surface area (Å²) in [7, 11) is -3.21. The average molecular weight is 304 g/mol. The lowest BCUT2D eigenvalue weighted by Crippen LogP contribution is -2.66. The Balaban J connectivity index is 3.02. The van der Waals surface area contributed by atoms with Crippen molar-refractivity contribution >= 4 is 21.7 Å². The largest absolute Gasteiger partial charge is 0.342 e. The van der Waals surface area contributed by atoms with Crippen molar-refractivity contribution in [3.05, 3.63) is 0 Å². The van der Waals surface area contributed by atoms with E-state index in [0.29, 0.717) is 0 Å². The molecule has 1 saturated heterocycles. The highest BCUT2D eigenvalue weighted by molar-refractivity contribution is 7.90. The molecule has 1 rings (SSSR count). The number of nitrogens with zero attached hydrogens (tertiary/aromatic N) is 1. The zero-order valence-electron chi connectivity index (χ0n) is 12.7. The maximum Gasteiger partial charge on any atom is 0.246 e. The van der Waals surface area contributed by atoms with Crippen LogP contribution in [0.1, 0.15) is 34.1 Å². The zero-order chi connectivity index (χ0) is 15.7. The maximum absolute atomic E-state index is 12.5.